The molecule has 1 aromatic rings. The Labute approximate surface area is 93.2 Å². The van der Waals surface area contributed by atoms with Crippen molar-refractivity contribution in [1.82, 2.24) is 10.2 Å². The molecular weight excluding hydrogens is 208 g/mol. The summed E-state index contributed by atoms with van der Waals surface area (Å²) < 4.78 is 4.90. The topological polar surface area (TPSA) is 72.0 Å². The summed E-state index contributed by atoms with van der Waals surface area (Å²) in [6.45, 7) is 2.06. The van der Waals surface area contributed by atoms with Gasteiger partial charge in [0.2, 0.25) is 0 Å². The number of nitrogens with zero attached hydrogens (tertiary/aromatic N) is 1. The summed E-state index contributed by atoms with van der Waals surface area (Å²) in [4.78, 5) is 23.3. The lowest BCUT2D eigenvalue weighted by Gasteiger charge is -2.01. The Kier molecular flexibility index (Phi) is 3.03. The van der Waals surface area contributed by atoms with Gasteiger partial charge in [-0.3, -0.25) is 9.89 Å². The highest BCUT2D eigenvalue weighted by Gasteiger charge is 2.25. The number of fused-ring (bicyclic) bond motifs is 1. The lowest BCUT2D eigenvalue weighted by atomic mass is 10.1. The smallest absolute Gasteiger partial charge is 0.359 e. The number of hydrogen-bond donors (Lipinski definition) is 1. The fraction of sp³-hybridized carbons (Fsp3) is 0.545. The van der Waals surface area contributed by atoms with Crippen LogP contribution >= 0.6 is 0 Å². The molecule has 0 saturated carbocycles. The highest BCUT2D eigenvalue weighted by molar-refractivity contribution is 5.99. The van der Waals surface area contributed by atoms with E-state index >= 15 is 0 Å². The maximum absolute atomic E-state index is 11.7. The van der Waals surface area contributed by atoms with Gasteiger partial charge in [-0.1, -0.05) is 0 Å². The number of H-pyrrole nitrogens is 1. The van der Waals surface area contributed by atoms with Gasteiger partial charge in [0, 0.05) is 12.0 Å². The first-order valence-corrected chi connectivity index (χ1v) is 5.51. The molecule has 0 radical (unpaired) electrons. The van der Waals surface area contributed by atoms with Crippen molar-refractivity contribution in [1.29, 1.82) is 0 Å². The van der Waals surface area contributed by atoms with Crippen LogP contribution in [0.3, 0.4) is 0 Å². The second-order valence-corrected chi connectivity index (χ2v) is 3.78. The predicted octanol–water partition coefficient (Wildman–Crippen LogP) is 1.50. The van der Waals surface area contributed by atoms with Crippen LogP contribution in [0.25, 0.3) is 0 Å². The Morgan fingerprint density at radius 2 is 2.19 bits per heavy atom. The van der Waals surface area contributed by atoms with Crippen molar-refractivity contribution < 1.29 is 14.3 Å². The van der Waals surface area contributed by atoms with Gasteiger partial charge in [-0.05, 0) is 26.2 Å². The van der Waals surface area contributed by atoms with Crippen molar-refractivity contribution in [2.45, 2.75) is 32.6 Å². The molecule has 0 atom stereocenters. The number of hydrogen-bond acceptors (Lipinski definition) is 4. The number of Topliss-reactive ketones (excluding diaryl/α,β-unsaturated/α-hetero) is 1. The number of aromatic amines is 1. The summed E-state index contributed by atoms with van der Waals surface area (Å²) >= 11 is 0. The number of ether oxygens (including phenoxy) is 1. The number of rotatable bonds is 2. The van der Waals surface area contributed by atoms with Gasteiger partial charge in [0.05, 0.1) is 6.61 Å². The highest BCUT2D eigenvalue weighted by atomic mass is 16.5. The highest BCUT2D eigenvalue weighted by Crippen LogP contribution is 2.22. The van der Waals surface area contributed by atoms with Crippen LogP contribution in [-0.2, 0) is 11.2 Å². The van der Waals surface area contributed by atoms with Crippen LogP contribution in [0.1, 0.15) is 52.7 Å². The number of nitrogens with one attached hydrogen (secondary N) is 1. The van der Waals surface area contributed by atoms with Gasteiger partial charge < -0.3 is 4.74 Å². The molecule has 1 N–H and O–H groups in total. The molecule has 1 aromatic heterocycles. The average Bonchev–Trinajstić information content (AvgIpc) is 2.60. The molecular formula is C11H14N2O3. The van der Waals surface area contributed by atoms with Crippen LogP contribution in [0.5, 0.6) is 0 Å². The predicted molar refractivity (Wildman–Crippen MR) is 56.4 cm³/mol. The second kappa shape index (κ2) is 4.47. The lowest BCUT2D eigenvalue weighted by molar-refractivity contribution is 0.0518. The van der Waals surface area contributed by atoms with Crippen molar-refractivity contribution in [2.75, 3.05) is 6.61 Å². The third-order valence-corrected chi connectivity index (χ3v) is 2.70. The number of aromatic nitrogens is 2. The fourth-order valence-corrected chi connectivity index (χ4v) is 1.92. The molecule has 0 saturated heterocycles. The Bertz CT molecular complexity index is 423. The maximum atomic E-state index is 11.7. The first-order valence-electron chi connectivity index (χ1n) is 5.51. The Morgan fingerprint density at radius 1 is 1.44 bits per heavy atom. The van der Waals surface area contributed by atoms with Gasteiger partial charge in [-0.25, -0.2) is 4.79 Å². The summed E-state index contributed by atoms with van der Waals surface area (Å²) in [5.74, 6) is -0.412. The largest absolute Gasteiger partial charge is 0.461 e. The van der Waals surface area contributed by atoms with Crippen molar-refractivity contribution in [3.05, 3.63) is 17.0 Å². The zero-order chi connectivity index (χ0) is 11.5. The van der Waals surface area contributed by atoms with Crippen molar-refractivity contribution in [2.24, 2.45) is 0 Å². The van der Waals surface area contributed by atoms with E-state index in [4.69, 9.17) is 4.74 Å². The minimum Gasteiger partial charge on any atom is -0.461 e. The number of carbonyl (C=O) groups excluding carboxylic acids is 2. The molecule has 0 spiro atoms. The number of esters is 1. The Hall–Kier alpha value is -1.65. The minimum atomic E-state index is -0.449. The molecule has 0 bridgehead atoms. The summed E-state index contributed by atoms with van der Waals surface area (Å²) in [6, 6.07) is 0. The summed E-state index contributed by atoms with van der Waals surface area (Å²) in [5, 5.41) is 6.54. The molecule has 0 fully saturated rings. The zero-order valence-corrected chi connectivity index (χ0v) is 9.21. The van der Waals surface area contributed by atoms with E-state index in [2.05, 4.69) is 10.2 Å². The van der Waals surface area contributed by atoms with E-state index in [0.29, 0.717) is 25.1 Å². The molecule has 1 heterocycles. The van der Waals surface area contributed by atoms with Gasteiger partial charge in [-0.2, -0.15) is 5.10 Å². The molecule has 0 aromatic carbocycles. The zero-order valence-electron chi connectivity index (χ0n) is 9.21. The van der Waals surface area contributed by atoms with Gasteiger partial charge in [0.25, 0.3) is 0 Å². The first kappa shape index (κ1) is 10.9. The molecule has 2 rings (SSSR count). The van der Waals surface area contributed by atoms with Crippen LogP contribution < -0.4 is 0 Å². The molecule has 0 amide bonds. The van der Waals surface area contributed by atoms with E-state index in [0.717, 1.165) is 18.4 Å². The average molecular weight is 222 g/mol. The van der Waals surface area contributed by atoms with Crippen molar-refractivity contribution in [3.8, 4) is 0 Å². The maximum Gasteiger partial charge on any atom is 0.359 e. The van der Waals surface area contributed by atoms with E-state index in [-0.39, 0.29) is 11.5 Å². The van der Waals surface area contributed by atoms with Gasteiger partial charge >= 0.3 is 5.97 Å². The molecule has 5 heteroatoms. The molecule has 1 aliphatic carbocycles. The molecule has 0 unspecified atom stereocenters. The van der Waals surface area contributed by atoms with Crippen molar-refractivity contribution in [3.63, 3.8) is 0 Å². The van der Waals surface area contributed by atoms with E-state index in [1.807, 2.05) is 0 Å². The molecule has 1 aliphatic rings. The summed E-state index contributed by atoms with van der Waals surface area (Å²) in [7, 11) is 0. The quantitative estimate of drug-likeness (QED) is 0.608. The number of carbonyl (C=O) groups is 2. The Balaban J connectivity index is 2.35. The fourth-order valence-electron chi connectivity index (χ4n) is 1.92. The SMILES string of the molecule is CCOC(=O)c1n[nH]c2c1CCCCC2=O. The van der Waals surface area contributed by atoms with E-state index in [1.165, 1.54) is 0 Å². The van der Waals surface area contributed by atoms with Crippen molar-refractivity contribution >= 4 is 11.8 Å². The minimum absolute atomic E-state index is 0.0375. The Morgan fingerprint density at radius 3 is 2.94 bits per heavy atom. The lowest BCUT2D eigenvalue weighted by Crippen LogP contribution is -2.08. The third-order valence-electron chi connectivity index (χ3n) is 2.70. The third kappa shape index (κ3) is 1.85. The summed E-state index contributed by atoms with van der Waals surface area (Å²) in [6.07, 6.45) is 3.01. The molecule has 0 aliphatic heterocycles. The van der Waals surface area contributed by atoms with E-state index < -0.39 is 5.97 Å². The van der Waals surface area contributed by atoms with Crippen LogP contribution in [0.4, 0.5) is 0 Å². The van der Waals surface area contributed by atoms with Crippen LogP contribution in [-0.4, -0.2) is 28.6 Å². The summed E-state index contributed by atoms with van der Waals surface area (Å²) in [5.41, 5.74) is 1.48. The van der Waals surface area contributed by atoms with E-state index in [9.17, 15) is 9.59 Å². The standard InChI is InChI=1S/C11H14N2O3/c1-2-16-11(15)10-7-5-3-4-6-8(14)9(7)12-13-10/h2-6H2,1H3,(H,12,13). The van der Waals surface area contributed by atoms with Gasteiger partial charge in [0.15, 0.2) is 11.5 Å². The normalized spacial score (nSPS) is 15.4. The monoisotopic (exact) mass is 222 g/mol. The van der Waals surface area contributed by atoms with Gasteiger partial charge in [0.1, 0.15) is 5.69 Å². The first-order chi connectivity index (χ1) is 7.74. The van der Waals surface area contributed by atoms with Gasteiger partial charge in [-0.15, -0.1) is 0 Å². The molecule has 16 heavy (non-hydrogen) atoms. The molecule has 86 valence electrons. The second-order valence-electron chi connectivity index (χ2n) is 3.78. The van der Waals surface area contributed by atoms with Crippen LogP contribution in [0.15, 0.2) is 0 Å². The van der Waals surface area contributed by atoms with E-state index in [1.54, 1.807) is 6.92 Å². The van der Waals surface area contributed by atoms with Crippen LogP contribution in [0, 0.1) is 0 Å². The van der Waals surface area contributed by atoms with Crippen LogP contribution in [0.2, 0.25) is 0 Å². The number of ketones is 1. The molecule has 5 nitrogen and oxygen atoms in total.